The smallest absolute Gasteiger partial charge is 0.467 e. The van der Waals surface area contributed by atoms with E-state index in [0.717, 1.165) is 7.11 Å². The Morgan fingerprint density at radius 1 is 1.17 bits per heavy atom. The first-order valence-electron chi connectivity index (χ1n) is 8.92. The van der Waals surface area contributed by atoms with Crippen molar-refractivity contribution in [2.75, 3.05) is 25.7 Å². The number of hydrogen-bond acceptors (Lipinski definition) is 8. The van der Waals surface area contributed by atoms with E-state index < -0.39 is 54.0 Å². The van der Waals surface area contributed by atoms with Crippen LogP contribution in [0.25, 0.3) is 0 Å². The van der Waals surface area contributed by atoms with Gasteiger partial charge in [-0.05, 0) is 32.9 Å². The maximum Gasteiger partial charge on any atom is 0.471 e. The monoisotopic (exact) mass is 445 g/mol. The second-order valence-corrected chi connectivity index (χ2v) is 8.55. The van der Waals surface area contributed by atoms with E-state index in [-0.39, 0.29) is 12.2 Å². The normalized spacial score (nSPS) is 31.9. The van der Waals surface area contributed by atoms with Crippen LogP contribution in [0.4, 0.5) is 13.2 Å². The summed E-state index contributed by atoms with van der Waals surface area (Å²) in [5.41, 5.74) is -0.764. The predicted molar refractivity (Wildman–Crippen MR) is 96.1 cm³/mol. The average Bonchev–Trinajstić information content (AvgIpc) is 3.08. The maximum atomic E-state index is 12.5. The molecule has 29 heavy (non-hydrogen) atoms. The molecule has 0 radical (unpaired) electrons. The first-order valence-corrected chi connectivity index (χ1v) is 10.1. The molecule has 2 aliphatic heterocycles. The molecule has 1 amide bonds. The summed E-state index contributed by atoms with van der Waals surface area (Å²) in [6, 6.07) is -1.40. The van der Waals surface area contributed by atoms with Gasteiger partial charge in [-0.1, -0.05) is 0 Å². The molecule has 2 saturated heterocycles. The van der Waals surface area contributed by atoms with Crippen LogP contribution in [-0.2, 0) is 33.3 Å². The summed E-state index contributed by atoms with van der Waals surface area (Å²) in [4.78, 5) is 22.8. The summed E-state index contributed by atoms with van der Waals surface area (Å²) in [5.74, 6) is -3.24. The summed E-state index contributed by atoms with van der Waals surface area (Å²) in [6.45, 7) is 5.41. The largest absolute Gasteiger partial charge is 0.471 e. The van der Waals surface area contributed by atoms with Crippen LogP contribution >= 0.6 is 11.8 Å². The second-order valence-electron chi connectivity index (χ2n) is 7.44. The molecule has 1 N–H and O–H groups in total. The molecule has 0 unspecified atom stereocenters. The number of methoxy groups -OCH3 is 2. The van der Waals surface area contributed by atoms with Crippen molar-refractivity contribution in [2.45, 2.75) is 69.3 Å². The van der Waals surface area contributed by atoms with E-state index in [0.29, 0.717) is 5.75 Å². The van der Waals surface area contributed by atoms with Gasteiger partial charge >= 0.3 is 18.1 Å². The summed E-state index contributed by atoms with van der Waals surface area (Å²) in [7, 11) is 2.54. The van der Waals surface area contributed by atoms with E-state index in [1.165, 1.54) is 18.9 Å². The van der Waals surface area contributed by atoms with E-state index in [1.54, 1.807) is 19.2 Å². The minimum Gasteiger partial charge on any atom is -0.467 e. The predicted octanol–water partition coefficient (Wildman–Crippen LogP) is 1.61. The first kappa shape index (κ1) is 24.2. The number of esters is 1. The van der Waals surface area contributed by atoms with Crippen molar-refractivity contribution < 1.29 is 46.4 Å². The standard InChI is InChI=1S/C17H26F3NO7S/c1-15(2)26-10-11(27-15)16(3,28-13(10)25-5)8-29-7-6-9(12(22)24-4)21-14(23)17(18,19)20/h9-11,13H,6-8H2,1-5H3,(H,21,23)/t9-,10+,11-,13+,16+/m0/s1. The number of amides is 1. The van der Waals surface area contributed by atoms with Crippen LogP contribution in [0.3, 0.4) is 0 Å². The molecule has 5 atom stereocenters. The SMILES string of the molecule is COC(=O)[C@H](CCSC[C@@]1(C)O[C@@H](OC)[C@@H]2OC(C)(C)O[C@@H]21)NC(=O)C(F)(F)F. The molecule has 0 bridgehead atoms. The molecule has 0 spiro atoms. The Labute approximate surface area is 171 Å². The van der Waals surface area contributed by atoms with Crippen LogP contribution in [-0.4, -0.2) is 79.7 Å². The van der Waals surface area contributed by atoms with Gasteiger partial charge in [0.2, 0.25) is 0 Å². The third kappa shape index (κ3) is 5.75. The molecule has 0 aromatic carbocycles. The molecule has 168 valence electrons. The average molecular weight is 445 g/mol. The van der Waals surface area contributed by atoms with Crippen LogP contribution in [0.1, 0.15) is 27.2 Å². The molecule has 8 nitrogen and oxygen atoms in total. The number of nitrogens with one attached hydrogen (secondary N) is 1. The van der Waals surface area contributed by atoms with Crippen LogP contribution < -0.4 is 5.32 Å². The quantitative estimate of drug-likeness (QED) is 0.445. The van der Waals surface area contributed by atoms with Crippen LogP contribution in [0.15, 0.2) is 0 Å². The number of halogens is 3. The number of thioether (sulfide) groups is 1. The molecule has 0 aliphatic carbocycles. The summed E-state index contributed by atoms with van der Waals surface area (Å²) in [6.07, 6.45) is -6.53. The van der Waals surface area contributed by atoms with Crippen molar-refractivity contribution in [3.8, 4) is 0 Å². The molecule has 2 rings (SSSR count). The highest BCUT2D eigenvalue weighted by Gasteiger charge is 2.61. The number of carbonyl (C=O) groups is 2. The topological polar surface area (TPSA) is 92.3 Å². The van der Waals surface area contributed by atoms with Gasteiger partial charge in [-0.2, -0.15) is 24.9 Å². The molecular weight excluding hydrogens is 419 g/mol. The number of ether oxygens (including phenoxy) is 5. The van der Waals surface area contributed by atoms with Gasteiger partial charge in [-0.15, -0.1) is 0 Å². The maximum absolute atomic E-state index is 12.5. The van der Waals surface area contributed by atoms with Crippen molar-refractivity contribution in [3.05, 3.63) is 0 Å². The van der Waals surface area contributed by atoms with Gasteiger partial charge < -0.3 is 29.0 Å². The lowest BCUT2D eigenvalue weighted by molar-refractivity contribution is -0.242. The highest BCUT2D eigenvalue weighted by atomic mass is 32.2. The molecule has 2 aliphatic rings. The van der Waals surface area contributed by atoms with Gasteiger partial charge in [0.15, 0.2) is 12.1 Å². The van der Waals surface area contributed by atoms with E-state index in [9.17, 15) is 22.8 Å². The molecule has 0 aromatic rings. The van der Waals surface area contributed by atoms with Crippen LogP contribution in [0.5, 0.6) is 0 Å². The lowest BCUT2D eigenvalue weighted by atomic mass is 10.0. The van der Waals surface area contributed by atoms with E-state index in [2.05, 4.69) is 4.74 Å². The Morgan fingerprint density at radius 3 is 2.38 bits per heavy atom. The number of alkyl halides is 3. The molecule has 0 saturated carbocycles. The van der Waals surface area contributed by atoms with Crippen molar-refractivity contribution >= 4 is 23.6 Å². The van der Waals surface area contributed by atoms with E-state index in [1.807, 2.05) is 6.92 Å². The van der Waals surface area contributed by atoms with E-state index in [4.69, 9.17) is 18.9 Å². The fourth-order valence-electron chi connectivity index (χ4n) is 3.27. The van der Waals surface area contributed by atoms with Gasteiger partial charge in [-0.3, -0.25) is 4.79 Å². The Kier molecular flexibility index (Phi) is 7.48. The number of fused-ring (bicyclic) bond motifs is 1. The first-order chi connectivity index (χ1) is 13.3. The van der Waals surface area contributed by atoms with Crippen LogP contribution in [0, 0.1) is 0 Å². The zero-order valence-electron chi connectivity index (χ0n) is 16.8. The number of carbonyl (C=O) groups excluding carboxylic acids is 2. The zero-order chi connectivity index (χ0) is 22.0. The van der Waals surface area contributed by atoms with Gasteiger partial charge in [0.05, 0.1) is 7.11 Å². The fraction of sp³-hybridized carbons (Fsp3) is 0.882. The highest BCUT2D eigenvalue weighted by molar-refractivity contribution is 7.99. The summed E-state index contributed by atoms with van der Waals surface area (Å²) < 4.78 is 64.9. The Hall–Kier alpha value is -1.08. The van der Waals surface area contributed by atoms with Crippen molar-refractivity contribution in [2.24, 2.45) is 0 Å². The van der Waals surface area contributed by atoms with Crippen molar-refractivity contribution in [3.63, 3.8) is 0 Å². The molecular formula is C17H26F3NO7S. The van der Waals surface area contributed by atoms with Gasteiger partial charge in [0, 0.05) is 12.9 Å². The molecule has 2 heterocycles. The van der Waals surface area contributed by atoms with Crippen molar-refractivity contribution in [1.82, 2.24) is 5.32 Å². The van der Waals surface area contributed by atoms with Crippen LogP contribution in [0.2, 0.25) is 0 Å². The fourth-order valence-corrected chi connectivity index (χ4v) is 4.45. The lowest BCUT2D eigenvalue weighted by Crippen LogP contribution is -2.47. The highest BCUT2D eigenvalue weighted by Crippen LogP contribution is 2.45. The number of hydrogen-bond donors (Lipinski definition) is 1. The second kappa shape index (κ2) is 8.96. The van der Waals surface area contributed by atoms with Gasteiger partial charge in [-0.25, -0.2) is 4.79 Å². The lowest BCUT2D eigenvalue weighted by Gasteiger charge is -2.31. The summed E-state index contributed by atoms with van der Waals surface area (Å²) >= 11 is 1.35. The molecule has 0 aromatic heterocycles. The molecule has 2 fully saturated rings. The van der Waals surface area contributed by atoms with E-state index >= 15 is 0 Å². The molecule has 12 heteroatoms. The third-order valence-electron chi connectivity index (χ3n) is 4.60. The van der Waals surface area contributed by atoms with Gasteiger partial charge in [0.1, 0.15) is 23.9 Å². The Balaban J connectivity index is 1.92. The van der Waals surface area contributed by atoms with Crippen molar-refractivity contribution in [1.29, 1.82) is 0 Å². The third-order valence-corrected chi connectivity index (χ3v) is 5.91. The summed E-state index contributed by atoms with van der Waals surface area (Å²) in [5, 5.41) is 1.66. The zero-order valence-corrected chi connectivity index (χ0v) is 17.6. The van der Waals surface area contributed by atoms with Gasteiger partial charge in [0.25, 0.3) is 0 Å². The minimum absolute atomic E-state index is 0.0418. The Bertz CT molecular complexity index is 618. The minimum atomic E-state index is -5.08. The number of rotatable bonds is 8. The Morgan fingerprint density at radius 2 is 1.83 bits per heavy atom.